The van der Waals surface area contributed by atoms with Gasteiger partial charge in [0.15, 0.2) is 0 Å². The summed E-state index contributed by atoms with van der Waals surface area (Å²) in [5.74, 6) is 0. The second-order valence-electron chi connectivity index (χ2n) is 5.54. The van der Waals surface area contributed by atoms with Gasteiger partial charge >= 0.3 is 6.18 Å². The maximum Gasteiger partial charge on any atom is 0.426 e. The van der Waals surface area contributed by atoms with Gasteiger partial charge in [-0.2, -0.15) is 18.4 Å². The number of aliphatic hydroxyl groups excluding tert-OH is 1. The van der Waals surface area contributed by atoms with E-state index in [1.54, 1.807) is 24.4 Å². The smallest absolute Gasteiger partial charge is 0.400 e. The van der Waals surface area contributed by atoms with Gasteiger partial charge in [0.05, 0.1) is 11.6 Å². The Balaban J connectivity index is 0.000000665. The molecule has 0 fully saturated rings. The van der Waals surface area contributed by atoms with Crippen LogP contribution in [0, 0.1) is 11.3 Å². The Hall–Kier alpha value is -2.30. The molecule has 0 saturated carbocycles. The van der Waals surface area contributed by atoms with E-state index in [9.17, 15) is 13.2 Å². The largest absolute Gasteiger partial charge is 0.426 e. The number of benzene rings is 1. The van der Waals surface area contributed by atoms with E-state index in [0.717, 1.165) is 12.6 Å². The Kier molecular flexibility index (Phi) is 8.54. The van der Waals surface area contributed by atoms with E-state index in [-0.39, 0.29) is 5.56 Å². The van der Waals surface area contributed by atoms with Crippen LogP contribution in [0.2, 0.25) is 0 Å². The highest BCUT2D eigenvalue weighted by Gasteiger charge is 2.35. The third kappa shape index (κ3) is 5.12. The third-order valence-corrected chi connectivity index (χ3v) is 4.52. The molecule has 3 rings (SSSR count). The van der Waals surface area contributed by atoms with Crippen molar-refractivity contribution in [3.63, 3.8) is 0 Å². The number of alkyl halides is 3. The van der Waals surface area contributed by atoms with Crippen molar-refractivity contribution in [1.29, 1.82) is 5.26 Å². The number of nitrogens with zero attached hydrogens (tertiary/aromatic N) is 2. The van der Waals surface area contributed by atoms with Crippen LogP contribution in [0.1, 0.15) is 37.6 Å². The number of halogens is 3. The molecule has 7 heteroatoms. The lowest BCUT2D eigenvalue weighted by molar-refractivity contribution is -0.133. The second kappa shape index (κ2) is 10.1. The first-order valence-electron chi connectivity index (χ1n) is 8.50. The zero-order chi connectivity index (χ0) is 20.6. The van der Waals surface area contributed by atoms with Crippen LogP contribution < -0.4 is 0 Å². The zero-order valence-corrected chi connectivity index (χ0v) is 16.6. The molecule has 146 valence electrons. The van der Waals surface area contributed by atoms with Gasteiger partial charge in [0.25, 0.3) is 0 Å². The monoisotopic (exact) mass is 396 g/mol. The summed E-state index contributed by atoms with van der Waals surface area (Å²) in [4.78, 5) is -0.606. The summed E-state index contributed by atoms with van der Waals surface area (Å²) in [6.07, 6.45) is -1.40. The van der Waals surface area contributed by atoms with Crippen molar-refractivity contribution < 1.29 is 18.3 Å². The number of hydrogen-bond donors (Lipinski definition) is 1. The van der Waals surface area contributed by atoms with Crippen molar-refractivity contribution in [3.8, 4) is 17.2 Å². The van der Waals surface area contributed by atoms with Gasteiger partial charge < -0.3 is 9.67 Å². The number of hydrogen-bond acceptors (Lipinski definition) is 3. The molecule has 1 aromatic carbocycles. The molecule has 3 nitrogen and oxygen atoms in total. The van der Waals surface area contributed by atoms with Gasteiger partial charge in [-0.1, -0.05) is 20.3 Å². The van der Waals surface area contributed by atoms with Gasteiger partial charge in [0, 0.05) is 41.9 Å². The standard InChI is InChI=1S/C16H11F3N2S.C3H8.CH4O/c1-2-21-9-13(11-5-6-22-15(11)16(17,18)19)12-7-10(8-20)3-4-14(12)21;1-3-2;1-2/h3-7,9H,2H2,1H3;3H2,1-2H3;2H,1H3. The number of aryl methyl sites for hydroxylation is 1. The van der Waals surface area contributed by atoms with E-state index in [1.807, 2.05) is 17.6 Å². The van der Waals surface area contributed by atoms with E-state index in [2.05, 4.69) is 13.8 Å². The Morgan fingerprint density at radius 1 is 1.11 bits per heavy atom. The van der Waals surface area contributed by atoms with Crippen LogP contribution in [0.15, 0.2) is 35.8 Å². The summed E-state index contributed by atoms with van der Waals surface area (Å²) in [5.41, 5.74) is 1.95. The molecular formula is C20H23F3N2OS. The van der Waals surface area contributed by atoms with Crippen molar-refractivity contribution in [1.82, 2.24) is 4.57 Å². The molecule has 0 spiro atoms. The lowest BCUT2D eigenvalue weighted by Gasteiger charge is -2.06. The molecule has 0 amide bonds. The first kappa shape index (κ1) is 22.7. The Bertz CT molecular complexity index is 904. The van der Waals surface area contributed by atoms with E-state index in [0.29, 0.717) is 34.4 Å². The van der Waals surface area contributed by atoms with E-state index in [1.165, 1.54) is 17.9 Å². The van der Waals surface area contributed by atoms with Crippen LogP contribution in [-0.2, 0) is 12.7 Å². The van der Waals surface area contributed by atoms with E-state index in [4.69, 9.17) is 10.4 Å². The van der Waals surface area contributed by atoms with Crippen molar-refractivity contribution in [2.24, 2.45) is 0 Å². The normalized spacial score (nSPS) is 10.5. The number of aliphatic hydroxyl groups is 1. The highest BCUT2D eigenvalue weighted by atomic mass is 32.1. The van der Waals surface area contributed by atoms with Crippen molar-refractivity contribution in [2.75, 3.05) is 7.11 Å². The Morgan fingerprint density at radius 2 is 1.74 bits per heavy atom. The highest BCUT2D eigenvalue weighted by Crippen LogP contribution is 2.43. The number of aromatic nitrogens is 1. The lowest BCUT2D eigenvalue weighted by atomic mass is 10.0. The van der Waals surface area contributed by atoms with Crippen LogP contribution in [0.25, 0.3) is 22.0 Å². The molecule has 2 heterocycles. The number of rotatable bonds is 2. The van der Waals surface area contributed by atoms with Crippen LogP contribution >= 0.6 is 11.3 Å². The number of thiophene rings is 1. The molecular weight excluding hydrogens is 373 g/mol. The maximum atomic E-state index is 13.2. The Labute approximate surface area is 161 Å². The van der Waals surface area contributed by atoms with Gasteiger partial charge in [0.2, 0.25) is 0 Å². The molecule has 0 atom stereocenters. The van der Waals surface area contributed by atoms with E-state index >= 15 is 0 Å². The van der Waals surface area contributed by atoms with Gasteiger partial charge in [-0.15, -0.1) is 11.3 Å². The molecule has 1 N–H and O–H groups in total. The molecule has 0 aliphatic carbocycles. The van der Waals surface area contributed by atoms with Crippen molar-refractivity contribution in [3.05, 3.63) is 46.3 Å². The predicted molar refractivity (Wildman–Crippen MR) is 105 cm³/mol. The number of fused-ring (bicyclic) bond motifs is 1. The van der Waals surface area contributed by atoms with Crippen LogP contribution in [0.4, 0.5) is 13.2 Å². The van der Waals surface area contributed by atoms with Crippen molar-refractivity contribution >= 4 is 22.2 Å². The summed E-state index contributed by atoms with van der Waals surface area (Å²) >= 11 is 0.687. The summed E-state index contributed by atoms with van der Waals surface area (Å²) in [5, 5.41) is 18.1. The molecule has 0 unspecified atom stereocenters. The first-order chi connectivity index (χ1) is 12.9. The quantitative estimate of drug-likeness (QED) is 0.552. The average molecular weight is 396 g/mol. The topological polar surface area (TPSA) is 49.0 Å². The summed E-state index contributed by atoms with van der Waals surface area (Å²) in [7, 11) is 1.00. The molecule has 3 aromatic rings. The Morgan fingerprint density at radius 3 is 2.26 bits per heavy atom. The second-order valence-corrected chi connectivity index (χ2v) is 6.46. The fourth-order valence-corrected chi connectivity index (χ4v) is 3.36. The molecule has 0 radical (unpaired) electrons. The van der Waals surface area contributed by atoms with Crippen LogP contribution in [0.3, 0.4) is 0 Å². The van der Waals surface area contributed by atoms with Gasteiger partial charge in [-0.25, -0.2) is 0 Å². The summed E-state index contributed by atoms with van der Waals surface area (Å²) in [6.45, 7) is 6.83. The molecule has 0 aliphatic heterocycles. The number of nitriles is 1. The summed E-state index contributed by atoms with van der Waals surface area (Å²) < 4.78 is 41.4. The zero-order valence-electron chi connectivity index (χ0n) is 15.8. The fourth-order valence-electron chi connectivity index (χ4n) is 2.58. The van der Waals surface area contributed by atoms with Gasteiger partial charge in [-0.3, -0.25) is 0 Å². The maximum absolute atomic E-state index is 13.2. The average Bonchev–Trinajstić information content (AvgIpc) is 3.27. The molecule has 0 saturated heterocycles. The van der Waals surface area contributed by atoms with Gasteiger partial charge in [-0.05, 0) is 36.6 Å². The first-order valence-corrected chi connectivity index (χ1v) is 9.38. The van der Waals surface area contributed by atoms with Crippen LogP contribution in [-0.4, -0.2) is 16.8 Å². The molecule has 2 aromatic heterocycles. The molecule has 0 aliphatic rings. The minimum absolute atomic E-state index is 0.171. The lowest BCUT2D eigenvalue weighted by Crippen LogP contribution is -2.03. The SMILES string of the molecule is CCC.CCn1cc(-c2ccsc2C(F)(F)F)c2cc(C#N)ccc21.CO. The third-order valence-electron chi connectivity index (χ3n) is 3.56. The predicted octanol–water partition coefficient (Wildman–Crippen LogP) is 6.30. The highest BCUT2D eigenvalue weighted by molar-refractivity contribution is 7.10. The minimum Gasteiger partial charge on any atom is -0.400 e. The molecule has 27 heavy (non-hydrogen) atoms. The summed E-state index contributed by atoms with van der Waals surface area (Å²) in [6, 6.07) is 8.63. The molecule has 0 bridgehead atoms. The van der Waals surface area contributed by atoms with Gasteiger partial charge in [0.1, 0.15) is 4.88 Å². The fraction of sp³-hybridized carbons (Fsp3) is 0.350. The van der Waals surface area contributed by atoms with Crippen LogP contribution in [0.5, 0.6) is 0 Å². The minimum atomic E-state index is -4.38. The van der Waals surface area contributed by atoms with Crippen molar-refractivity contribution in [2.45, 2.75) is 39.9 Å². The van der Waals surface area contributed by atoms with E-state index < -0.39 is 11.1 Å².